The third kappa shape index (κ3) is 3.08. The molecule has 0 fully saturated rings. The Labute approximate surface area is 105 Å². The van der Waals surface area contributed by atoms with Crippen molar-refractivity contribution in [3.05, 3.63) is 57.2 Å². The van der Waals surface area contributed by atoms with Gasteiger partial charge in [0.05, 0.1) is 5.02 Å². The number of halogens is 1. The van der Waals surface area contributed by atoms with Crippen molar-refractivity contribution < 1.29 is 0 Å². The van der Waals surface area contributed by atoms with Gasteiger partial charge in [0.2, 0.25) is 0 Å². The monoisotopic (exact) mass is 251 g/mol. The van der Waals surface area contributed by atoms with Crippen molar-refractivity contribution in [3.8, 4) is 0 Å². The Balaban J connectivity index is 1.91. The Hall–Kier alpha value is -0.830. The zero-order chi connectivity index (χ0) is 11.4. The van der Waals surface area contributed by atoms with Crippen LogP contribution in [0.25, 0.3) is 0 Å². The highest BCUT2D eigenvalue weighted by Crippen LogP contribution is 2.20. The summed E-state index contributed by atoms with van der Waals surface area (Å²) < 4.78 is 0. The maximum Gasteiger partial charge on any atom is 0.0516 e. The Morgan fingerprint density at radius 2 is 2.06 bits per heavy atom. The van der Waals surface area contributed by atoms with E-state index in [1.165, 1.54) is 10.4 Å². The topological polar surface area (TPSA) is 12.0 Å². The minimum absolute atomic E-state index is 0.363. The summed E-state index contributed by atoms with van der Waals surface area (Å²) in [5.41, 5.74) is 1.31. The molecule has 2 rings (SSSR count). The van der Waals surface area contributed by atoms with E-state index in [0.717, 1.165) is 11.6 Å². The second-order valence-corrected chi connectivity index (χ2v) is 5.18. The Morgan fingerprint density at radius 1 is 1.31 bits per heavy atom. The van der Waals surface area contributed by atoms with Gasteiger partial charge in [0.1, 0.15) is 0 Å². The number of hydrogen-bond acceptors (Lipinski definition) is 2. The van der Waals surface area contributed by atoms with Crippen LogP contribution in [0.15, 0.2) is 41.8 Å². The molecule has 0 aliphatic heterocycles. The van der Waals surface area contributed by atoms with Crippen molar-refractivity contribution in [2.24, 2.45) is 0 Å². The van der Waals surface area contributed by atoms with E-state index in [1.54, 1.807) is 11.3 Å². The summed E-state index contributed by atoms with van der Waals surface area (Å²) >= 11 is 7.57. The van der Waals surface area contributed by atoms with Crippen LogP contribution >= 0.6 is 22.9 Å². The van der Waals surface area contributed by atoms with Crippen LogP contribution in [0.4, 0.5) is 0 Å². The lowest BCUT2D eigenvalue weighted by atomic mass is 10.1. The fourth-order valence-electron chi connectivity index (χ4n) is 1.56. The molecule has 0 spiro atoms. The number of nitrogens with one attached hydrogen (secondary N) is 1. The normalized spacial score (nSPS) is 12.6. The lowest BCUT2D eigenvalue weighted by molar-refractivity contribution is 0.579. The van der Waals surface area contributed by atoms with Gasteiger partial charge in [-0.25, -0.2) is 0 Å². The van der Waals surface area contributed by atoms with Gasteiger partial charge in [-0.2, -0.15) is 0 Å². The number of hydrogen-bond donors (Lipinski definition) is 1. The maximum atomic E-state index is 5.88. The molecule has 1 heterocycles. The molecule has 1 atom stereocenters. The summed E-state index contributed by atoms with van der Waals surface area (Å²) in [6.07, 6.45) is 0. The molecule has 0 aliphatic rings. The molecule has 0 aliphatic carbocycles. The molecule has 0 saturated carbocycles. The zero-order valence-corrected chi connectivity index (χ0v) is 10.7. The first kappa shape index (κ1) is 11.6. The van der Waals surface area contributed by atoms with E-state index in [0.29, 0.717) is 6.04 Å². The van der Waals surface area contributed by atoms with E-state index >= 15 is 0 Å². The van der Waals surface area contributed by atoms with Crippen molar-refractivity contribution in [1.82, 2.24) is 5.32 Å². The Morgan fingerprint density at radius 3 is 2.69 bits per heavy atom. The molecule has 0 amide bonds. The molecule has 16 heavy (non-hydrogen) atoms. The van der Waals surface area contributed by atoms with Crippen molar-refractivity contribution >= 4 is 22.9 Å². The van der Waals surface area contributed by atoms with E-state index < -0.39 is 0 Å². The third-order valence-corrected chi connectivity index (χ3v) is 3.79. The maximum absolute atomic E-state index is 5.88. The summed E-state index contributed by atoms with van der Waals surface area (Å²) in [6.45, 7) is 3.04. The number of rotatable bonds is 4. The van der Waals surface area contributed by atoms with E-state index in [9.17, 15) is 0 Å². The molecule has 84 valence electrons. The molecule has 1 aromatic heterocycles. The lowest BCUT2D eigenvalue weighted by Crippen LogP contribution is -2.17. The highest BCUT2D eigenvalue weighted by molar-refractivity contribution is 7.10. The molecule has 0 saturated heterocycles. The van der Waals surface area contributed by atoms with Crippen LogP contribution in [0.2, 0.25) is 5.02 Å². The Bertz CT molecular complexity index is 438. The molecule has 3 heteroatoms. The van der Waals surface area contributed by atoms with Crippen molar-refractivity contribution in [2.75, 3.05) is 0 Å². The highest BCUT2D eigenvalue weighted by Gasteiger charge is 2.04. The highest BCUT2D eigenvalue weighted by atomic mass is 35.5. The lowest BCUT2D eigenvalue weighted by Gasteiger charge is -2.13. The predicted molar refractivity (Wildman–Crippen MR) is 71.0 cm³/mol. The first-order chi connectivity index (χ1) is 7.75. The van der Waals surface area contributed by atoms with Gasteiger partial charge in [-0.3, -0.25) is 0 Å². The zero-order valence-electron chi connectivity index (χ0n) is 9.11. The summed E-state index contributed by atoms with van der Waals surface area (Å²) in [7, 11) is 0. The largest absolute Gasteiger partial charge is 0.305 e. The van der Waals surface area contributed by atoms with Crippen LogP contribution in [-0.4, -0.2) is 0 Å². The van der Waals surface area contributed by atoms with Crippen LogP contribution < -0.4 is 5.32 Å². The van der Waals surface area contributed by atoms with Gasteiger partial charge in [0.15, 0.2) is 0 Å². The first-order valence-electron chi connectivity index (χ1n) is 5.27. The molecular formula is C13H14ClNS. The minimum atomic E-state index is 0.363. The van der Waals surface area contributed by atoms with Crippen LogP contribution in [0.1, 0.15) is 23.4 Å². The van der Waals surface area contributed by atoms with Gasteiger partial charge in [0, 0.05) is 22.8 Å². The molecule has 1 aromatic carbocycles. The van der Waals surface area contributed by atoms with E-state index in [1.807, 2.05) is 17.5 Å². The quantitative estimate of drug-likeness (QED) is 0.857. The second kappa shape index (κ2) is 5.48. The van der Waals surface area contributed by atoms with Gasteiger partial charge in [-0.05, 0) is 18.6 Å². The average Bonchev–Trinajstić information content (AvgIpc) is 2.73. The van der Waals surface area contributed by atoms with Crippen molar-refractivity contribution in [2.45, 2.75) is 19.5 Å². The SMILES string of the molecule is C[C@@H](NCc1cc(Cl)cs1)c1ccccc1. The van der Waals surface area contributed by atoms with Crippen LogP contribution in [0.5, 0.6) is 0 Å². The van der Waals surface area contributed by atoms with Crippen LogP contribution in [0.3, 0.4) is 0 Å². The summed E-state index contributed by atoms with van der Waals surface area (Å²) in [5.74, 6) is 0. The van der Waals surface area contributed by atoms with Crippen molar-refractivity contribution in [3.63, 3.8) is 0 Å². The van der Waals surface area contributed by atoms with Crippen molar-refractivity contribution in [1.29, 1.82) is 0 Å². The molecular weight excluding hydrogens is 238 g/mol. The molecule has 2 aromatic rings. The Kier molecular flexibility index (Phi) is 3.99. The standard InChI is InChI=1S/C13H14ClNS/c1-10(11-5-3-2-4-6-11)15-8-13-7-12(14)9-16-13/h2-7,9-10,15H,8H2,1H3/t10-/m1/s1. The fourth-order valence-corrected chi connectivity index (χ4v) is 2.58. The molecule has 0 bridgehead atoms. The van der Waals surface area contributed by atoms with E-state index in [-0.39, 0.29) is 0 Å². The molecule has 1 nitrogen and oxygen atoms in total. The third-order valence-electron chi connectivity index (χ3n) is 2.50. The van der Waals surface area contributed by atoms with Gasteiger partial charge in [-0.15, -0.1) is 11.3 Å². The van der Waals surface area contributed by atoms with Gasteiger partial charge in [-0.1, -0.05) is 41.9 Å². The minimum Gasteiger partial charge on any atom is -0.305 e. The van der Waals surface area contributed by atoms with E-state index in [2.05, 4.69) is 36.5 Å². The average molecular weight is 252 g/mol. The van der Waals surface area contributed by atoms with Crippen LogP contribution in [0, 0.1) is 0 Å². The summed E-state index contributed by atoms with van der Waals surface area (Å²) in [4.78, 5) is 1.27. The summed E-state index contributed by atoms with van der Waals surface area (Å²) in [6, 6.07) is 12.8. The second-order valence-electron chi connectivity index (χ2n) is 3.74. The van der Waals surface area contributed by atoms with Gasteiger partial charge < -0.3 is 5.32 Å². The molecule has 1 N–H and O–H groups in total. The fraction of sp³-hybridized carbons (Fsp3) is 0.231. The van der Waals surface area contributed by atoms with Gasteiger partial charge >= 0.3 is 0 Å². The van der Waals surface area contributed by atoms with Crippen LogP contribution in [-0.2, 0) is 6.54 Å². The first-order valence-corrected chi connectivity index (χ1v) is 6.52. The molecule has 0 radical (unpaired) electrons. The predicted octanol–water partition coefficient (Wildman–Crippen LogP) is 4.25. The number of benzene rings is 1. The molecule has 0 unspecified atom stereocenters. The van der Waals surface area contributed by atoms with Gasteiger partial charge in [0.25, 0.3) is 0 Å². The number of thiophene rings is 1. The summed E-state index contributed by atoms with van der Waals surface area (Å²) in [5, 5.41) is 6.27. The smallest absolute Gasteiger partial charge is 0.0516 e. The van der Waals surface area contributed by atoms with E-state index in [4.69, 9.17) is 11.6 Å².